The van der Waals surface area contributed by atoms with Crippen LogP contribution in [0.2, 0.25) is 5.02 Å². The van der Waals surface area contributed by atoms with Crippen LogP contribution in [-0.2, 0) is 13.1 Å². The second kappa shape index (κ2) is 7.43. The van der Waals surface area contributed by atoms with Gasteiger partial charge in [-0.1, -0.05) is 23.7 Å². The van der Waals surface area contributed by atoms with Gasteiger partial charge in [0.15, 0.2) is 0 Å². The molecule has 114 valence electrons. The normalized spacial score (nSPS) is 10.9. The molecule has 1 heterocycles. The molecule has 0 atom stereocenters. The number of hydrogen-bond donors (Lipinski definition) is 1. The lowest BCUT2D eigenvalue weighted by Crippen LogP contribution is -2.12. The fourth-order valence-corrected chi connectivity index (χ4v) is 2.48. The van der Waals surface area contributed by atoms with E-state index in [-0.39, 0.29) is 0 Å². The van der Waals surface area contributed by atoms with Crippen LogP contribution in [0.3, 0.4) is 0 Å². The first-order valence-electron chi connectivity index (χ1n) is 7.09. The Morgan fingerprint density at radius 2 is 2.00 bits per heavy atom. The molecule has 1 aromatic carbocycles. The molecule has 0 bridgehead atoms. The Balaban J connectivity index is 1.88. The first-order chi connectivity index (χ1) is 10.1. The highest BCUT2D eigenvalue weighted by molar-refractivity contribution is 6.30. The number of aryl methyl sites for hydroxylation is 2. The van der Waals surface area contributed by atoms with E-state index in [0.29, 0.717) is 13.2 Å². The van der Waals surface area contributed by atoms with E-state index in [4.69, 9.17) is 16.3 Å². The molecule has 0 aliphatic rings. The highest BCUT2D eigenvalue weighted by atomic mass is 35.5. The third-order valence-corrected chi connectivity index (χ3v) is 3.35. The van der Waals surface area contributed by atoms with Gasteiger partial charge in [0.25, 0.3) is 0 Å². The molecule has 1 aromatic heterocycles. The Labute approximate surface area is 130 Å². The number of nitrogens with one attached hydrogen (secondary N) is 1. The fraction of sp³-hybridized carbons (Fsp3) is 0.467. The van der Waals surface area contributed by atoms with E-state index in [2.05, 4.69) is 22.6 Å². The Kier molecular flexibility index (Phi) is 5.59. The summed E-state index contributed by atoms with van der Waals surface area (Å²) in [6, 6.07) is 3.82. The lowest BCUT2D eigenvalue weighted by molar-refractivity contribution is 0.286. The zero-order chi connectivity index (χ0) is 15.2. The van der Waals surface area contributed by atoms with Gasteiger partial charge in [-0.3, -0.25) is 0 Å². The van der Waals surface area contributed by atoms with Gasteiger partial charge in [0.2, 0.25) is 0 Å². The van der Waals surface area contributed by atoms with Crippen molar-refractivity contribution in [3.05, 3.63) is 40.2 Å². The molecule has 0 spiro atoms. The predicted octanol–water partition coefficient (Wildman–Crippen LogP) is 2.74. The summed E-state index contributed by atoms with van der Waals surface area (Å²) >= 11 is 6.01. The van der Waals surface area contributed by atoms with Crippen LogP contribution in [0.1, 0.15) is 23.7 Å². The number of benzene rings is 1. The molecule has 0 aliphatic carbocycles. The van der Waals surface area contributed by atoms with Crippen LogP contribution in [0.4, 0.5) is 0 Å². The van der Waals surface area contributed by atoms with Crippen LogP contribution in [0.5, 0.6) is 5.75 Å². The topological polar surface area (TPSA) is 52.0 Å². The maximum Gasteiger partial charge on any atom is 0.125 e. The van der Waals surface area contributed by atoms with Crippen molar-refractivity contribution >= 4 is 11.6 Å². The first kappa shape index (κ1) is 15.8. The van der Waals surface area contributed by atoms with Crippen molar-refractivity contribution in [2.24, 2.45) is 0 Å². The number of halogens is 1. The van der Waals surface area contributed by atoms with Crippen LogP contribution < -0.4 is 10.1 Å². The van der Waals surface area contributed by atoms with E-state index < -0.39 is 0 Å². The van der Waals surface area contributed by atoms with Crippen molar-refractivity contribution in [3.8, 4) is 5.75 Å². The lowest BCUT2D eigenvalue weighted by Gasteiger charge is -2.12. The van der Waals surface area contributed by atoms with Crippen molar-refractivity contribution in [2.45, 2.75) is 33.9 Å². The van der Waals surface area contributed by atoms with Crippen molar-refractivity contribution in [2.75, 3.05) is 13.2 Å². The van der Waals surface area contributed by atoms with E-state index in [1.54, 1.807) is 4.68 Å². The molecule has 0 unspecified atom stereocenters. The third-order valence-electron chi connectivity index (χ3n) is 3.13. The van der Waals surface area contributed by atoms with E-state index in [1.807, 2.05) is 32.2 Å². The van der Waals surface area contributed by atoms with Crippen LogP contribution in [-0.4, -0.2) is 28.1 Å². The Morgan fingerprint density at radius 1 is 1.29 bits per heavy atom. The average molecular weight is 309 g/mol. The maximum atomic E-state index is 6.01. The van der Waals surface area contributed by atoms with E-state index in [1.165, 1.54) is 0 Å². The summed E-state index contributed by atoms with van der Waals surface area (Å²) in [5.74, 6) is 0.896. The molecule has 5 nitrogen and oxygen atoms in total. The number of ether oxygens (including phenoxy) is 1. The highest BCUT2D eigenvalue weighted by Crippen LogP contribution is 2.26. The SMILES string of the molecule is CCNCc1cn(CCOc2c(C)cc(Cl)cc2C)nn1. The average Bonchev–Trinajstić information content (AvgIpc) is 2.87. The Bertz CT molecular complexity index is 574. The predicted molar refractivity (Wildman–Crippen MR) is 83.8 cm³/mol. The molecule has 0 saturated heterocycles. The van der Waals surface area contributed by atoms with E-state index in [0.717, 1.165) is 40.7 Å². The summed E-state index contributed by atoms with van der Waals surface area (Å²) in [6.45, 7) is 8.94. The third kappa shape index (κ3) is 4.44. The second-order valence-electron chi connectivity index (χ2n) is 4.97. The van der Waals surface area contributed by atoms with Crippen LogP contribution in [0.25, 0.3) is 0 Å². The minimum Gasteiger partial charge on any atom is -0.491 e. The molecule has 0 saturated carbocycles. The summed E-state index contributed by atoms with van der Waals surface area (Å²) in [5.41, 5.74) is 3.04. The minimum absolute atomic E-state index is 0.549. The smallest absolute Gasteiger partial charge is 0.125 e. The first-order valence-corrected chi connectivity index (χ1v) is 7.47. The van der Waals surface area contributed by atoms with Crippen LogP contribution in [0.15, 0.2) is 18.3 Å². The van der Waals surface area contributed by atoms with Gasteiger partial charge in [-0.25, -0.2) is 4.68 Å². The standard InChI is InChI=1S/C15H21ClN4O/c1-4-17-9-14-10-20(19-18-14)5-6-21-15-11(2)7-13(16)8-12(15)3/h7-8,10,17H,4-6,9H2,1-3H3. The molecular weight excluding hydrogens is 288 g/mol. The monoisotopic (exact) mass is 308 g/mol. The van der Waals surface area contributed by atoms with Crippen LogP contribution >= 0.6 is 11.6 Å². The Morgan fingerprint density at radius 3 is 2.67 bits per heavy atom. The molecule has 0 radical (unpaired) electrons. The van der Waals surface area contributed by atoms with Crippen molar-refractivity contribution in [1.82, 2.24) is 20.3 Å². The van der Waals surface area contributed by atoms with Gasteiger partial charge >= 0.3 is 0 Å². The zero-order valence-electron chi connectivity index (χ0n) is 12.7. The molecule has 6 heteroatoms. The van der Waals surface area contributed by atoms with E-state index in [9.17, 15) is 0 Å². The summed E-state index contributed by atoms with van der Waals surface area (Å²) < 4.78 is 7.65. The Hall–Kier alpha value is -1.59. The number of aromatic nitrogens is 3. The number of hydrogen-bond acceptors (Lipinski definition) is 4. The summed E-state index contributed by atoms with van der Waals surface area (Å²) in [7, 11) is 0. The molecule has 0 amide bonds. The van der Waals surface area contributed by atoms with Crippen molar-refractivity contribution in [3.63, 3.8) is 0 Å². The molecule has 2 aromatic rings. The maximum absolute atomic E-state index is 6.01. The van der Waals surface area contributed by atoms with Gasteiger partial charge in [-0.2, -0.15) is 0 Å². The summed E-state index contributed by atoms with van der Waals surface area (Å²) in [5, 5.41) is 12.1. The van der Waals surface area contributed by atoms with Crippen LogP contribution in [0, 0.1) is 13.8 Å². The van der Waals surface area contributed by atoms with Gasteiger partial charge in [-0.15, -0.1) is 5.10 Å². The minimum atomic E-state index is 0.549. The molecule has 21 heavy (non-hydrogen) atoms. The molecule has 0 fully saturated rings. The van der Waals surface area contributed by atoms with Gasteiger partial charge in [-0.05, 0) is 43.7 Å². The molecule has 2 rings (SSSR count). The van der Waals surface area contributed by atoms with Gasteiger partial charge < -0.3 is 10.1 Å². The number of nitrogens with zero attached hydrogens (tertiary/aromatic N) is 3. The van der Waals surface area contributed by atoms with E-state index >= 15 is 0 Å². The van der Waals surface area contributed by atoms with Crippen molar-refractivity contribution in [1.29, 1.82) is 0 Å². The lowest BCUT2D eigenvalue weighted by atomic mass is 10.1. The second-order valence-corrected chi connectivity index (χ2v) is 5.41. The summed E-state index contributed by atoms with van der Waals surface area (Å²) in [4.78, 5) is 0. The van der Waals surface area contributed by atoms with Gasteiger partial charge in [0.05, 0.1) is 12.2 Å². The highest BCUT2D eigenvalue weighted by Gasteiger charge is 2.06. The van der Waals surface area contributed by atoms with Crippen molar-refractivity contribution < 1.29 is 4.74 Å². The fourth-order valence-electron chi connectivity index (χ4n) is 2.15. The van der Waals surface area contributed by atoms with Gasteiger partial charge in [0.1, 0.15) is 12.4 Å². The molecular formula is C15H21ClN4O. The largest absolute Gasteiger partial charge is 0.491 e. The quantitative estimate of drug-likeness (QED) is 0.854. The zero-order valence-corrected chi connectivity index (χ0v) is 13.4. The molecule has 1 N–H and O–H groups in total. The summed E-state index contributed by atoms with van der Waals surface area (Å²) in [6.07, 6.45) is 1.94. The van der Waals surface area contributed by atoms with Gasteiger partial charge in [0, 0.05) is 17.8 Å². The molecule has 0 aliphatic heterocycles. The number of rotatable bonds is 7.